The highest BCUT2D eigenvalue weighted by molar-refractivity contribution is 8.00. The van der Waals surface area contributed by atoms with Crippen LogP contribution in [0.5, 0.6) is 5.75 Å². The molecule has 0 unspecified atom stereocenters. The molecule has 0 aliphatic heterocycles. The average molecular weight is 283 g/mol. The first kappa shape index (κ1) is 15.9. The van der Waals surface area contributed by atoms with Crippen molar-refractivity contribution in [3.05, 3.63) is 23.8 Å². The van der Waals surface area contributed by atoms with Gasteiger partial charge in [-0.2, -0.15) is 0 Å². The van der Waals surface area contributed by atoms with Crippen molar-refractivity contribution >= 4 is 23.4 Å². The highest BCUT2D eigenvalue weighted by Gasteiger charge is 2.07. The van der Waals surface area contributed by atoms with Crippen LogP contribution in [0.1, 0.15) is 26.3 Å². The monoisotopic (exact) mass is 283 g/mol. The van der Waals surface area contributed by atoms with Crippen LogP contribution in [0.4, 0.5) is 5.69 Å². The van der Waals surface area contributed by atoms with E-state index >= 15 is 0 Å². The molecule has 19 heavy (non-hydrogen) atoms. The highest BCUT2D eigenvalue weighted by atomic mass is 32.2. The summed E-state index contributed by atoms with van der Waals surface area (Å²) in [6, 6.07) is 5.28. The molecule has 0 saturated heterocycles. The Hall–Kier alpha value is -1.20. The number of ether oxygens (including phenoxy) is 1. The zero-order valence-corrected chi connectivity index (χ0v) is 12.4. The lowest BCUT2D eigenvalue weighted by atomic mass is 10.2. The number of aliphatic hydroxyl groups is 1. The Balaban J connectivity index is 2.66. The lowest BCUT2D eigenvalue weighted by Crippen LogP contribution is -2.15. The summed E-state index contributed by atoms with van der Waals surface area (Å²) >= 11 is 1.59. The number of thioether (sulfide) groups is 1. The zero-order chi connectivity index (χ0) is 14.3. The van der Waals surface area contributed by atoms with E-state index in [1.54, 1.807) is 30.0 Å². The van der Waals surface area contributed by atoms with Gasteiger partial charge in [0.15, 0.2) is 0 Å². The summed E-state index contributed by atoms with van der Waals surface area (Å²) in [4.78, 5) is 11.7. The molecular formula is C14H21NO3S. The fraction of sp³-hybridized carbons (Fsp3) is 0.500. The van der Waals surface area contributed by atoms with Gasteiger partial charge in [-0.1, -0.05) is 13.8 Å². The number of carbonyl (C=O) groups excluding carboxylic acids is 1. The van der Waals surface area contributed by atoms with Crippen molar-refractivity contribution in [3.8, 4) is 5.75 Å². The van der Waals surface area contributed by atoms with Crippen LogP contribution >= 0.6 is 11.8 Å². The van der Waals surface area contributed by atoms with E-state index < -0.39 is 0 Å². The lowest BCUT2D eigenvalue weighted by Gasteiger charge is -2.11. The Labute approximate surface area is 118 Å². The SMILES string of the molecule is CCOc1ccc(NC(=O)CSC(C)C)cc1CO. The van der Waals surface area contributed by atoms with Crippen LogP contribution in [0.2, 0.25) is 0 Å². The van der Waals surface area contributed by atoms with Crippen LogP contribution in [-0.4, -0.2) is 28.6 Å². The number of hydrogen-bond donors (Lipinski definition) is 2. The van der Waals surface area contributed by atoms with Gasteiger partial charge in [-0.15, -0.1) is 11.8 Å². The molecule has 0 spiro atoms. The van der Waals surface area contributed by atoms with Gasteiger partial charge in [-0.05, 0) is 30.4 Å². The second kappa shape index (κ2) is 8.07. The third-order valence-corrected chi connectivity index (χ3v) is 3.46. The van der Waals surface area contributed by atoms with Crippen molar-refractivity contribution in [2.75, 3.05) is 17.7 Å². The van der Waals surface area contributed by atoms with Gasteiger partial charge in [-0.3, -0.25) is 4.79 Å². The molecule has 1 amide bonds. The van der Waals surface area contributed by atoms with Crippen molar-refractivity contribution in [2.24, 2.45) is 0 Å². The summed E-state index contributed by atoms with van der Waals surface area (Å²) in [5, 5.41) is 12.5. The lowest BCUT2D eigenvalue weighted by molar-refractivity contribution is -0.113. The number of hydrogen-bond acceptors (Lipinski definition) is 4. The second-order valence-corrected chi connectivity index (χ2v) is 5.89. The Bertz CT molecular complexity index is 421. The Kier molecular flexibility index (Phi) is 6.73. The molecule has 0 atom stereocenters. The average Bonchev–Trinajstić information content (AvgIpc) is 2.38. The second-order valence-electron chi connectivity index (χ2n) is 4.32. The molecule has 0 radical (unpaired) electrons. The van der Waals surface area contributed by atoms with E-state index in [0.717, 1.165) is 0 Å². The van der Waals surface area contributed by atoms with Crippen LogP contribution in [-0.2, 0) is 11.4 Å². The molecule has 0 aliphatic rings. The first-order chi connectivity index (χ1) is 9.06. The Morgan fingerprint density at radius 2 is 2.21 bits per heavy atom. The number of anilines is 1. The molecule has 5 heteroatoms. The molecule has 1 aromatic rings. The third-order valence-electron chi connectivity index (χ3n) is 2.36. The number of rotatable bonds is 7. The number of nitrogens with one attached hydrogen (secondary N) is 1. The zero-order valence-electron chi connectivity index (χ0n) is 11.6. The fourth-order valence-electron chi connectivity index (χ4n) is 1.52. The largest absolute Gasteiger partial charge is 0.494 e. The van der Waals surface area contributed by atoms with Crippen LogP contribution in [0.15, 0.2) is 18.2 Å². The maximum absolute atomic E-state index is 11.7. The maximum atomic E-state index is 11.7. The van der Waals surface area contributed by atoms with E-state index in [4.69, 9.17) is 4.74 Å². The molecule has 1 rings (SSSR count). The van der Waals surface area contributed by atoms with E-state index in [2.05, 4.69) is 19.2 Å². The van der Waals surface area contributed by atoms with Crippen molar-refractivity contribution in [1.82, 2.24) is 0 Å². The van der Waals surface area contributed by atoms with Gasteiger partial charge in [0, 0.05) is 11.3 Å². The summed E-state index contributed by atoms with van der Waals surface area (Å²) in [7, 11) is 0. The summed E-state index contributed by atoms with van der Waals surface area (Å²) < 4.78 is 5.39. The van der Waals surface area contributed by atoms with E-state index in [-0.39, 0.29) is 12.5 Å². The molecule has 4 nitrogen and oxygen atoms in total. The van der Waals surface area contributed by atoms with E-state index in [1.807, 2.05) is 6.92 Å². The topological polar surface area (TPSA) is 58.6 Å². The van der Waals surface area contributed by atoms with E-state index in [9.17, 15) is 9.90 Å². The minimum absolute atomic E-state index is 0.0354. The van der Waals surface area contributed by atoms with Crippen molar-refractivity contribution in [1.29, 1.82) is 0 Å². The van der Waals surface area contributed by atoms with Gasteiger partial charge < -0.3 is 15.2 Å². The van der Waals surface area contributed by atoms with Gasteiger partial charge in [0.05, 0.1) is 19.0 Å². The first-order valence-corrected chi connectivity index (χ1v) is 7.39. The van der Waals surface area contributed by atoms with Crippen LogP contribution in [0, 0.1) is 0 Å². The van der Waals surface area contributed by atoms with E-state index in [1.165, 1.54) is 0 Å². The number of benzene rings is 1. The van der Waals surface area contributed by atoms with Gasteiger partial charge >= 0.3 is 0 Å². The predicted molar refractivity (Wildman–Crippen MR) is 79.8 cm³/mol. The standard InChI is InChI=1S/C14H21NO3S/c1-4-18-13-6-5-12(7-11(13)8-16)15-14(17)9-19-10(2)3/h5-7,10,16H,4,8-9H2,1-3H3,(H,15,17). The minimum atomic E-state index is -0.111. The van der Waals surface area contributed by atoms with Gasteiger partial charge in [0.1, 0.15) is 5.75 Å². The number of aliphatic hydroxyl groups excluding tert-OH is 1. The molecule has 0 bridgehead atoms. The predicted octanol–water partition coefficient (Wildman–Crippen LogP) is 2.66. The Morgan fingerprint density at radius 3 is 2.79 bits per heavy atom. The molecule has 2 N–H and O–H groups in total. The summed E-state index contributed by atoms with van der Waals surface area (Å²) in [6.45, 7) is 6.43. The van der Waals surface area contributed by atoms with Crippen molar-refractivity contribution < 1.29 is 14.6 Å². The maximum Gasteiger partial charge on any atom is 0.234 e. The third kappa shape index (κ3) is 5.53. The number of carbonyl (C=O) groups is 1. The van der Waals surface area contributed by atoms with Crippen LogP contribution in [0.3, 0.4) is 0 Å². The molecule has 0 heterocycles. The quantitative estimate of drug-likeness (QED) is 0.807. The van der Waals surface area contributed by atoms with Crippen LogP contribution < -0.4 is 10.1 Å². The summed E-state index contributed by atoms with van der Waals surface area (Å²) in [5.74, 6) is 1.05. The van der Waals surface area contributed by atoms with Crippen molar-refractivity contribution in [2.45, 2.75) is 32.6 Å². The van der Waals surface area contributed by atoms with Gasteiger partial charge in [-0.25, -0.2) is 0 Å². The minimum Gasteiger partial charge on any atom is -0.494 e. The summed E-state index contributed by atoms with van der Waals surface area (Å²) in [5.41, 5.74) is 1.36. The van der Waals surface area contributed by atoms with Crippen molar-refractivity contribution in [3.63, 3.8) is 0 Å². The molecule has 106 valence electrons. The summed E-state index contributed by atoms with van der Waals surface area (Å²) in [6.07, 6.45) is 0. The smallest absolute Gasteiger partial charge is 0.234 e. The normalized spacial score (nSPS) is 10.6. The fourth-order valence-corrected chi connectivity index (χ4v) is 2.07. The van der Waals surface area contributed by atoms with E-state index in [0.29, 0.717) is 34.6 Å². The first-order valence-electron chi connectivity index (χ1n) is 6.34. The van der Waals surface area contributed by atoms with Crippen LogP contribution in [0.25, 0.3) is 0 Å². The molecule has 0 fully saturated rings. The number of amides is 1. The molecular weight excluding hydrogens is 262 g/mol. The molecule has 0 aromatic heterocycles. The Morgan fingerprint density at radius 1 is 1.47 bits per heavy atom. The highest BCUT2D eigenvalue weighted by Crippen LogP contribution is 2.23. The molecule has 1 aromatic carbocycles. The van der Waals surface area contributed by atoms with Gasteiger partial charge in [0.25, 0.3) is 0 Å². The molecule has 0 saturated carbocycles. The van der Waals surface area contributed by atoms with Gasteiger partial charge in [0.2, 0.25) is 5.91 Å². The molecule has 0 aliphatic carbocycles.